The van der Waals surface area contributed by atoms with Crippen LogP contribution >= 0.6 is 0 Å². The Hall–Kier alpha value is -5.45. The summed E-state index contributed by atoms with van der Waals surface area (Å²) in [7, 11) is -2.50. The third kappa shape index (κ3) is 9.50. The minimum absolute atomic E-state index is 0.0233. The Morgan fingerprint density at radius 3 is 2.34 bits per heavy atom. The third-order valence-electron chi connectivity index (χ3n) is 13.0. The van der Waals surface area contributed by atoms with Crippen LogP contribution in [-0.4, -0.2) is 111 Å². The number of carboxylic acid groups (broad SMARTS) is 1. The van der Waals surface area contributed by atoms with Crippen LogP contribution in [0.15, 0.2) is 54.6 Å². The first-order valence-electron chi connectivity index (χ1n) is 22.2. The van der Waals surface area contributed by atoms with Gasteiger partial charge in [0.25, 0.3) is 5.91 Å². The number of amides is 4. The highest BCUT2D eigenvalue weighted by atomic mass is 32.2. The molecule has 7 rings (SSSR count). The van der Waals surface area contributed by atoms with Crippen molar-refractivity contribution in [3.05, 3.63) is 54.6 Å². The van der Waals surface area contributed by atoms with Crippen LogP contribution in [-0.2, 0) is 24.4 Å². The van der Waals surface area contributed by atoms with Gasteiger partial charge in [0.05, 0.1) is 35.4 Å². The van der Waals surface area contributed by atoms with E-state index in [9.17, 15) is 27.9 Å². The summed E-state index contributed by atoms with van der Waals surface area (Å²) in [6.45, 7) is 14.5. The SMILES string of the molecule is COc1ccc2c(O[C@@H]3C[C@H]4C(=O)N[C@]5(C(=O)NS(=O)(=O)C6(C)CC6)CC5/C=C\CC[C@@H](C)C[C@@H](C)[C@H](N(C(=O)O)C(C)(C)C)C(=O)N4C3)nc(-c3ccc(OC(C)C)cc3)nc2c1. The van der Waals surface area contributed by atoms with Gasteiger partial charge in [0.1, 0.15) is 35.2 Å². The van der Waals surface area contributed by atoms with E-state index in [1.165, 1.54) is 9.80 Å². The maximum absolute atomic E-state index is 15.3. The topological polar surface area (TPSA) is 207 Å². The van der Waals surface area contributed by atoms with Gasteiger partial charge in [-0.2, -0.15) is 4.98 Å². The maximum atomic E-state index is 15.3. The van der Waals surface area contributed by atoms with Crippen LogP contribution in [0.1, 0.15) is 100 Å². The van der Waals surface area contributed by atoms with E-state index in [1.807, 2.05) is 57.2 Å². The molecule has 1 saturated heterocycles. The Bertz CT molecular complexity index is 2430. The Labute approximate surface area is 375 Å². The Morgan fingerprint density at radius 1 is 1.03 bits per heavy atom. The van der Waals surface area contributed by atoms with Crippen LogP contribution in [0.25, 0.3) is 22.3 Å². The van der Waals surface area contributed by atoms with Crippen LogP contribution < -0.4 is 24.2 Å². The van der Waals surface area contributed by atoms with Crippen molar-refractivity contribution in [1.82, 2.24) is 29.8 Å². The number of allylic oxidation sites excluding steroid dienone is 1. The van der Waals surface area contributed by atoms with Gasteiger partial charge in [-0.05, 0) is 128 Å². The average Bonchev–Trinajstić information content (AvgIpc) is 4.10. The molecule has 16 nitrogen and oxygen atoms in total. The fourth-order valence-electron chi connectivity index (χ4n) is 9.10. The molecule has 1 aromatic heterocycles. The summed E-state index contributed by atoms with van der Waals surface area (Å²) in [4.78, 5) is 69.7. The van der Waals surface area contributed by atoms with E-state index in [2.05, 4.69) is 17.0 Å². The van der Waals surface area contributed by atoms with Crippen molar-refractivity contribution in [3.63, 3.8) is 0 Å². The second-order valence-corrected chi connectivity index (χ2v) is 21.9. The number of benzene rings is 2. The standard InChI is InChI=1S/C47H62N6O10S/c1-27(2)62-32-16-14-30(15-17-32)39-48-36-23-33(61-9)18-19-35(36)41(49-39)63-34-24-37-40(54)50-47(43(56)51-64(59,60)46(8)20-21-46)25-31(47)13-11-10-12-28(3)22-29(4)38(42(55)52(37)26-34)53(44(57)58)45(5,6)7/h11,13-19,23,27-29,31,34,37-38H,10,12,20-22,24-26H2,1-9H3,(H,50,54)(H,51,56)(H,57,58)/b13-11-/t28-,29-,31?,34-,37+,38+,47-/m1/s1. The molecule has 2 aliphatic heterocycles. The molecule has 17 heteroatoms. The second-order valence-electron chi connectivity index (χ2n) is 19.7. The van der Waals surface area contributed by atoms with Gasteiger partial charge in [-0.15, -0.1) is 0 Å². The normalized spacial score (nSPS) is 27.6. The number of carbonyl (C=O) groups excluding carboxylic acids is 3. The van der Waals surface area contributed by atoms with Crippen LogP contribution in [0.3, 0.4) is 0 Å². The predicted molar refractivity (Wildman–Crippen MR) is 240 cm³/mol. The van der Waals surface area contributed by atoms with Gasteiger partial charge in [0.2, 0.25) is 27.7 Å². The number of nitrogens with one attached hydrogen (secondary N) is 2. The highest BCUT2D eigenvalue weighted by Crippen LogP contribution is 2.48. The first-order chi connectivity index (χ1) is 30.1. The van der Waals surface area contributed by atoms with E-state index in [-0.39, 0.29) is 37.3 Å². The highest BCUT2D eigenvalue weighted by Gasteiger charge is 2.63. The number of nitrogens with zero attached hydrogens (tertiary/aromatic N) is 4. The molecule has 7 atom stereocenters. The molecule has 64 heavy (non-hydrogen) atoms. The van der Waals surface area contributed by atoms with Crippen LogP contribution in [0.2, 0.25) is 0 Å². The molecule has 0 radical (unpaired) electrons. The molecule has 0 spiro atoms. The number of ether oxygens (including phenoxy) is 3. The molecule has 3 heterocycles. The van der Waals surface area contributed by atoms with Crippen molar-refractivity contribution >= 4 is 44.7 Å². The molecule has 0 bridgehead atoms. The number of hydrogen-bond acceptors (Lipinski definition) is 11. The number of hydrogen-bond donors (Lipinski definition) is 3. The van der Waals surface area contributed by atoms with E-state index in [0.29, 0.717) is 65.9 Å². The molecule has 3 aromatic rings. The molecule has 346 valence electrons. The lowest BCUT2D eigenvalue weighted by atomic mass is 9.85. The number of carbonyl (C=O) groups is 4. The Kier molecular flexibility index (Phi) is 12.7. The van der Waals surface area contributed by atoms with E-state index in [0.717, 1.165) is 0 Å². The van der Waals surface area contributed by atoms with Gasteiger partial charge in [-0.25, -0.2) is 18.2 Å². The molecular formula is C47H62N6O10S. The number of sulfonamides is 1. The van der Waals surface area contributed by atoms with Crippen LogP contribution in [0.4, 0.5) is 4.79 Å². The predicted octanol–water partition coefficient (Wildman–Crippen LogP) is 6.47. The summed E-state index contributed by atoms with van der Waals surface area (Å²) in [6.07, 6.45) is 4.45. The van der Waals surface area contributed by atoms with E-state index < -0.39 is 79.7 Å². The molecule has 2 saturated carbocycles. The van der Waals surface area contributed by atoms with Gasteiger partial charge in [0.15, 0.2) is 5.82 Å². The minimum Gasteiger partial charge on any atom is -0.497 e. The monoisotopic (exact) mass is 902 g/mol. The summed E-state index contributed by atoms with van der Waals surface area (Å²) in [6, 6.07) is 10.2. The van der Waals surface area contributed by atoms with Gasteiger partial charge in [0, 0.05) is 29.5 Å². The van der Waals surface area contributed by atoms with Crippen molar-refractivity contribution in [3.8, 4) is 28.8 Å². The Balaban J connectivity index is 1.29. The van der Waals surface area contributed by atoms with Gasteiger partial charge in [-0.1, -0.05) is 26.0 Å². The summed E-state index contributed by atoms with van der Waals surface area (Å²) >= 11 is 0. The van der Waals surface area contributed by atoms with Crippen molar-refractivity contribution in [2.24, 2.45) is 17.8 Å². The fraction of sp³-hybridized carbons (Fsp3) is 0.574. The maximum Gasteiger partial charge on any atom is 0.408 e. The van der Waals surface area contributed by atoms with Crippen molar-refractivity contribution in [2.45, 2.75) is 140 Å². The fourth-order valence-corrected chi connectivity index (χ4v) is 10.4. The second kappa shape index (κ2) is 17.5. The zero-order valence-corrected chi connectivity index (χ0v) is 39.0. The smallest absolute Gasteiger partial charge is 0.408 e. The summed E-state index contributed by atoms with van der Waals surface area (Å²) in [5, 5.41) is 14.2. The number of methoxy groups -OCH3 is 1. The number of rotatable bonds is 10. The number of fused-ring (bicyclic) bond motifs is 3. The molecule has 4 amide bonds. The van der Waals surface area contributed by atoms with Crippen molar-refractivity contribution in [1.29, 1.82) is 0 Å². The number of aromatic nitrogens is 2. The van der Waals surface area contributed by atoms with Crippen LogP contribution in [0, 0.1) is 17.8 Å². The van der Waals surface area contributed by atoms with Crippen molar-refractivity contribution in [2.75, 3.05) is 13.7 Å². The van der Waals surface area contributed by atoms with Gasteiger partial charge < -0.3 is 29.5 Å². The Morgan fingerprint density at radius 2 is 1.72 bits per heavy atom. The molecule has 3 N–H and O–H groups in total. The molecule has 4 aliphatic rings. The van der Waals surface area contributed by atoms with Gasteiger partial charge in [-0.3, -0.25) is 24.0 Å². The molecule has 3 fully saturated rings. The van der Waals surface area contributed by atoms with Crippen molar-refractivity contribution < 1.29 is 46.9 Å². The quantitative estimate of drug-likeness (QED) is 0.187. The van der Waals surface area contributed by atoms with E-state index in [1.54, 1.807) is 53.0 Å². The zero-order valence-electron chi connectivity index (χ0n) is 38.2. The molecular weight excluding hydrogens is 841 g/mol. The third-order valence-corrected chi connectivity index (χ3v) is 15.2. The van der Waals surface area contributed by atoms with Gasteiger partial charge >= 0.3 is 6.09 Å². The zero-order chi connectivity index (χ0) is 46.5. The first-order valence-corrected chi connectivity index (χ1v) is 23.7. The molecule has 2 aliphatic carbocycles. The average molecular weight is 903 g/mol. The summed E-state index contributed by atoms with van der Waals surface area (Å²) < 4.78 is 46.0. The first kappa shape index (κ1) is 46.5. The molecule has 2 aromatic carbocycles. The lowest BCUT2D eigenvalue weighted by Gasteiger charge is -2.43. The molecule has 1 unspecified atom stereocenters. The van der Waals surface area contributed by atoms with Crippen LogP contribution in [0.5, 0.6) is 17.4 Å². The summed E-state index contributed by atoms with van der Waals surface area (Å²) in [5.74, 6) is -1.21. The highest BCUT2D eigenvalue weighted by molar-refractivity contribution is 7.91. The largest absolute Gasteiger partial charge is 0.497 e. The lowest BCUT2D eigenvalue weighted by molar-refractivity contribution is -0.146. The van der Waals surface area contributed by atoms with E-state index in [4.69, 9.17) is 24.2 Å². The minimum atomic E-state index is -4.05. The lowest BCUT2D eigenvalue weighted by Crippen LogP contribution is -2.62. The summed E-state index contributed by atoms with van der Waals surface area (Å²) in [5.41, 5.74) is -1.41. The van der Waals surface area contributed by atoms with E-state index >= 15 is 4.79 Å².